The second kappa shape index (κ2) is 5.67. The lowest BCUT2D eigenvalue weighted by molar-refractivity contribution is -0.136. The minimum absolute atomic E-state index is 0.254. The lowest BCUT2D eigenvalue weighted by Crippen LogP contribution is -2.30. The number of nitrogens with one attached hydrogen (secondary N) is 2. The molecule has 2 rings (SSSR count). The Kier molecular flexibility index (Phi) is 4.18. The summed E-state index contributed by atoms with van der Waals surface area (Å²) < 4.78 is 82.3. The van der Waals surface area contributed by atoms with Crippen LogP contribution in [0.1, 0.15) is 5.56 Å². The number of methoxy groups -OCH3 is 1. The molecule has 0 unspecified atom stereocenters. The topological polar surface area (TPSA) is 54.1 Å². The molecule has 0 saturated carbocycles. The molecular weight excluding hydrogens is 330 g/mol. The van der Waals surface area contributed by atoms with Crippen LogP contribution in [0.3, 0.4) is 0 Å². The number of H-pyrrole nitrogens is 1. The molecule has 0 radical (unpaired) electrons. The van der Waals surface area contributed by atoms with Crippen molar-refractivity contribution in [3.05, 3.63) is 34.1 Å². The van der Waals surface area contributed by atoms with Crippen LogP contribution in [0.5, 0.6) is 5.75 Å². The lowest BCUT2D eigenvalue weighted by Gasteiger charge is -2.19. The number of anilines is 1. The predicted octanol–water partition coefficient (Wildman–Crippen LogP) is 3.53. The standard InChI is InChI=1S/C13H10F6N2O2/c1-23-10-4-8-6(2-9(10)21-12(15,16)5-14)7(13(17,18)19)3-11(22)20-8/h2-4,21H,5H2,1H3,(H,20,22). The van der Waals surface area contributed by atoms with Gasteiger partial charge >= 0.3 is 12.2 Å². The smallest absolute Gasteiger partial charge is 0.417 e. The normalized spacial score (nSPS) is 12.5. The molecule has 126 valence electrons. The van der Waals surface area contributed by atoms with Crippen LogP contribution in [-0.4, -0.2) is 24.8 Å². The average molecular weight is 340 g/mol. The Labute approximate surface area is 125 Å². The van der Waals surface area contributed by atoms with Gasteiger partial charge in [-0.2, -0.15) is 22.0 Å². The Bertz CT molecular complexity index is 784. The van der Waals surface area contributed by atoms with Crippen molar-refractivity contribution in [3.63, 3.8) is 0 Å². The monoisotopic (exact) mass is 340 g/mol. The van der Waals surface area contributed by atoms with Crippen LogP contribution in [0.4, 0.5) is 32.0 Å². The number of hydrogen-bond donors (Lipinski definition) is 2. The third-order valence-electron chi connectivity index (χ3n) is 2.95. The van der Waals surface area contributed by atoms with Crippen molar-refractivity contribution in [1.29, 1.82) is 0 Å². The molecule has 0 fully saturated rings. The summed E-state index contributed by atoms with van der Waals surface area (Å²) >= 11 is 0. The summed E-state index contributed by atoms with van der Waals surface area (Å²) in [6, 6.07) is -2.01. The first kappa shape index (κ1) is 17.0. The summed E-state index contributed by atoms with van der Waals surface area (Å²) in [4.78, 5) is 13.5. The van der Waals surface area contributed by atoms with E-state index in [0.717, 1.165) is 19.2 Å². The second-order valence-corrected chi connectivity index (χ2v) is 4.61. The molecule has 0 amide bonds. The maximum Gasteiger partial charge on any atom is 0.417 e. The van der Waals surface area contributed by atoms with Crippen LogP contribution in [0, 0.1) is 0 Å². The molecule has 4 nitrogen and oxygen atoms in total. The van der Waals surface area contributed by atoms with E-state index in [1.54, 1.807) is 0 Å². The molecule has 0 aliphatic rings. The second-order valence-electron chi connectivity index (χ2n) is 4.61. The minimum Gasteiger partial charge on any atom is -0.495 e. The number of hydrogen-bond acceptors (Lipinski definition) is 3. The first-order valence-electron chi connectivity index (χ1n) is 6.11. The molecule has 2 N–H and O–H groups in total. The molecule has 0 aliphatic carbocycles. The highest BCUT2D eigenvalue weighted by molar-refractivity contribution is 5.88. The van der Waals surface area contributed by atoms with Crippen LogP contribution >= 0.6 is 0 Å². The first-order chi connectivity index (χ1) is 10.6. The minimum atomic E-state index is -4.87. The van der Waals surface area contributed by atoms with Gasteiger partial charge in [0, 0.05) is 17.5 Å². The van der Waals surface area contributed by atoms with Gasteiger partial charge in [0.25, 0.3) is 0 Å². The van der Waals surface area contributed by atoms with Crippen LogP contribution in [0.2, 0.25) is 0 Å². The van der Waals surface area contributed by atoms with Crippen LogP contribution < -0.4 is 15.6 Å². The fourth-order valence-corrected chi connectivity index (χ4v) is 2.02. The average Bonchev–Trinajstić information content (AvgIpc) is 2.44. The highest BCUT2D eigenvalue weighted by Gasteiger charge is 2.35. The molecule has 0 atom stereocenters. The fourth-order valence-electron chi connectivity index (χ4n) is 2.02. The largest absolute Gasteiger partial charge is 0.495 e. The zero-order valence-corrected chi connectivity index (χ0v) is 11.5. The Hall–Kier alpha value is -2.39. The third-order valence-corrected chi connectivity index (χ3v) is 2.95. The highest BCUT2D eigenvalue weighted by atomic mass is 19.4. The Morgan fingerprint density at radius 2 is 1.83 bits per heavy atom. The summed E-state index contributed by atoms with van der Waals surface area (Å²) in [5.41, 5.74) is -3.11. The predicted molar refractivity (Wildman–Crippen MR) is 70.7 cm³/mol. The first-order valence-corrected chi connectivity index (χ1v) is 6.11. The van der Waals surface area contributed by atoms with Gasteiger partial charge < -0.3 is 15.0 Å². The molecule has 0 saturated heterocycles. The highest BCUT2D eigenvalue weighted by Crippen LogP contribution is 2.38. The van der Waals surface area contributed by atoms with Gasteiger partial charge in [0.1, 0.15) is 5.75 Å². The van der Waals surface area contributed by atoms with Gasteiger partial charge in [-0.3, -0.25) is 4.79 Å². The van der Waals surface area contributed by atoms with E-state index in [9.17, 15) is 31.1 Å². The van der Waals surface area contributed by atoms with E-state index in [1.165, 1.54) is 5.32 Å². The van der Waals surface area contributed by atoms with E-state index < -0.39 is 41.1 Å². The van der Waals surface area contributed by atoms with Crippen LogP contribution in [0.25, 0.3) is 10.9 Å². The number of halogens is 6. The maximum atomic E-state index is 13.1. The molecule has 0 spiro atoms. The molecule has 23 heavy (non-hydrogen) atoms. The maximum absolute atomic E-state index is 13.1. The number of aromatic amines is 1. The SMILES string of the molecule is COc1cc2[nH]c(=O)cc(C(F)(F)F)c2cc1NC(F)(F)CF. The van der Waals surface area contributed by atoms with E-state index in [4.69, 9.17) is 4.74 Å². The van der Waals surface area contributed by atoms with E-state index in [-0.39, 0.29) is 11.3 Å². The van der Waals surface area contributed by atoms with E-state index in [0.29, 0.717) is 6.07 Å². The summed E-state index contributed by atoms with van der Waals surface area (Å²) in [5.74, 6) is -0.277. The zero-order valence-electron chi connectivity index (χ0n) is 11.5. The molecule has 0 aliphatic heterocycles. The molecule has 1 heterocycles. The number of rotatable bonds is 4. The number of alkyl halides is 6. The summed E-state index contributed by atoms with van der Waals surface area (Å²) in [7, 11) is 1.09. The van der Waals surface area contributed by atoms with Crippen LogP contribution in [-0.2, 0) is 6.18 Å². The van der Waals surface area contributed by atoms with Crippen molar-refractivity contribution in [2.45, 2.75) is 12.2 Å². The molecule has 2 aromatic rings. The number of benzene rings is 1. The zero-order chi connectivity index (χ0) is 17.4. The molecular formula is C13H10F6N2O2. The van der Waals surface area contributed by atoms with E-state index in [1.807, 2.05) is 0 Å². The van der Waals surface area contributed by atoms with E-state index >= 15 is 0 Å². The molecule has 10 heteroatoms. The molecule has 1 aromatic heterocycles. The Morgan fingerprint density at radius 3 is 2.35 bits per heavy atom. The van der Waals surface area contributed by atoms with Crippen molar-refractivity contribution >= 4 is 16.6 Å². The van der Waals surface area contributed by atoms with Crippen molar-refractivity contribution in [2.75, 3.05) is 19.1 Å². The third kappa shape index (κ3) is 3.51. The van der Waals surface area contributed by atoms with Gasteiger partial charge in [-0.25, -0.2) is 4.39 Å². The number of pyridine rings is 1. The van der Waals surface area contributed by atoms with Crippen molar-refractivity contribution in [1.82, 2.24) is 4.98 Å². The number of ether oxygens (including phenoxy) is 1. The van der Waals surface area contributed by atoms with Gasteiger partial charge in [-0.1, -0.05) is 0 Å². The molecule has 0 bridgehead atoms. The van der Waals surface area contributed by atoms with Crippen molar-refractivity contribution < 1.29 is 31.1 Å². The van der Waals surface area contributed by atoms with Crippen molar-refractivity contribution in [2.24, 2.45) is 0 Å². The van der Waals surface area contributed by atoms with Gasteiger partial charge in [0.05, 0.1) is 23.9 Å². The quantitative estimate of drug-likeness (QED) is 0.661. The van der Waals surface area contributed by atoms with E-state index in [2.05, 4.69) is 4.98 Å². The Morgan fingerprint density at radius 1 is 1.17 bits per heavy atom. The van der Waals surface area contributed by atoms with Gasteiger partial charge in [-0.15, -0.1) is 0 Å². The van der Waals surface area contributed by atoms with Gasteiger partial charge in [0.2, 0.25) is 5.56 Å². The summed E-state index contributed by atoms with van der Waals surface area (Å²) in [6.07, 6.45) is -4.87. The fraction of sp³-hybridized carbons (Fsp3) is 0.308. The van der Waals surface area contributed by atoms with Gasteiger partial charge in [-0.05, 0) is 6.07 Å². The lowest BCUT2D eigenvalue weighted by atomic mass is 10.1. The van der Waals surface area contributed by atoms with Crippen LogP contribution in [0.15, 0.2) is 23.0 Å². The number of fused-ring (bicyclic) bond motifs is 1. The Balaban J connectivity index is 2.75. The number of aromatic nitrogens is 1. The summed E-state index contributed by atoms with van der Waals surface area (Å²) in [6.45, 7) is -2.06. The van der Waals surface area contributed by atoms with Gasteiger partial charge in [0.15, 0.2) is 6.67 Å². The van der Waals surface area contributed by atoms with Crippen molar-refractivity contribution in [3.8, 4) is 5.75 Å². The molecule has 1 aromatic carbocycles. The summed E-state index contributed by atoms with van der Waals surface area (Å²) in [5, 5.41) is 0.948.